The third kappa shape index (κ3) is 4.77. The summed E-state index contributed by atoms with van der Waals surface area (Å²) >= 11 is 0. The molecule has 1 aliphatic heterocycles. The van der Waals surface area contributed by atoms with Crippen LogP contribution >= 0.6 is 7.37 Å². The van der Waals surface area contributed by atoms with E-state index in [-0.39, 0.29) is 18.8 Å². The molecule has 1 fully saturated rings. The molecule has 2 rings (SSSR count). The van der Waals surface area contributed by atoms with Gasteiger partial charge in [-0.15, -0.1) is 0 Å². The van der Waals surface area contributed by atoms with Crippen molar-refractivity contribution in [3.8, 4) is 0 Å². The van der Waals surface area contributed by atoms with E-state index in [9.17, 15) is 27.8 Å². The van der Waals surface area contributed by atoms with E-state index in [1.807, 2.05) is 0 Å². The number of ether oxygens (including phenoxy) is 3. The quantitative estimate of drug-likeness (QED) is 0.475. The number of alkyl halides is 2. The molecular weight excluding hydrogens is 401 g/mol. The van der Waals surface area contributed by atoms with Gasteiger partial charge in [0.15, 0.2) is 6.23 Å². The van der Waals surface area contributed by atoms with Gasteiger partial charge in [0, 0.05) is 37.9 Å². The lowest BCUT2D eigenvalue weighted by atomic mass is 9.98. The second-order valence-electron chi connectivity index (χ2n) is 6.98. The third-order valence-electron chi connectivity index (χ3n) is 4.77. The molecule has 1 saturated heterocycles. The Bertz CT molecular complexity index is 850. The van der Waals surface area contributed by atoms with E-state index < -0.39 is 55.1 Å². The fourth-order valence-corrected chi connectivity index (χ4v) is 3.52. The largest absolute Gasteiger partial charge is 0.382 e. The highest BCUT2D eigenvalue weighted by atomic mass is 31.2. The lowest BCUT2D eigenvalue weighted by Crippen LogP contribution is -2.38. The minimum atomic E-state index is -4.70. The number of aromatic amines is 1. The van der Waals surface area contributed by atoms with Crippen LogP contribution in [-0.4, -0.2) is 59.3 Å². The maximum atomic E-state index is 14.1. The molecule has 0 bridgehead atoms. The Labute approximate surface area is 160 Å². The summed E-state index contributed by atoms with van der Waals surface area (Å²) in [6, 6.07) is 0. The van der Waals surface area contributed by atoms with Crippen LogP contribution in [0, 0.1) is 12.8 Å². The average molecular weight is 426 g/mol. The SMILES string of the molecule is COCCO[C@@H]1[C@H](C)[C@@H](CC(F)(F)P(C)(=O)O)O[C@H]1n1cc(C)c(=O)[nH]c1=O. The summed E-state index contributed by atoms with van der Waals surface area (Å²) in [6.07, 6.45) is -2.79. The normalized spacial score (nSPS) is 27.7. The lowest BCUT2D eigenvalue weighted by Gasteiger charge is -2.24. The lowest BCUT2D eigenvalue weighted by molar-refractivity contribution is -0.0838. The van der Waals surface area contributed by atoms with Crippen molar-refractivity contribution < 1.29 is 32.4 Å². The van der Waals surface area contributed by atoms with Crippen LogP contribution < -0.4 is 11.2 Å². The third-order valence-corrected chi connectivity index (χ3v) is 6.17. The van der Waals surface area contributed by atoms with Gasteiger partial charge >= 0.3 is 11.4 Å². The predicted octanol–water partition coefficient (Wildman–Crippen LogP) is 1.29. The second-order valence-corrected chi connectivity index (χ2v) is 9.39. The zero-order chi connectivity index (χ0) is 21.3. The van der Waals surface area contributed by atoms with Gasteiger partial charge in [0.1, 0.15) is 6.10 Å². The van der Waals surface area contributed by atoms with Crippen LogP contribution in [0.25, 0.3) is 0 Å². The Morgan fingerprint density at radius 3 is 2.61 bits per heavy atom. The van der Waals surface area contributed by atoms with E-state index in [0.29, 0.717) is 6.66 Å². The van der Waals surface area contributed by atoms with Gasteiger partial charge in [-0.1, -0.05) is 6.92 Å². The standard InChI is InChI=1S/C16H25F2N2O7P/c1-9-8-20(15(22)19-13(9)21)14-12(26-6-5-25-3)10(2)11(27-14)7-16(17,18)28(4,23)24/h8,10-12,14H,5-7H2,1-4H3,(H,23,24)(H,19,21,22)/t10-,11-,12-,14-/m1/s1. The van der Waals surface area contributed by atoms with Crippen LogP contribution in [0.3, 0.4) is 0 Å². The molecule has 12 heteroatoms. The molecule has 0 spiro atoms. The highest BCUT2D eigenvalue weighted by Gasteiger charge is 2.53. The van der Waals surface area contributed by atoms with Crippen molar-refractivity contribution >= 4 is 7.37 Å². The van der Waals surface area contributed by atoms with Gasteiger partial charge in [-0.05, 0) is 6.92 Å². The van der Waals surface area contributed by atoms with Crippen molar-refractivity contribution in [2.75, 3.05) is 27.0 Å². The number of methoxy groups -OCH3 is 1. The van der Waals surface area contributed by atoms with Crippen LogP contribution in [0.1, 0.15) is 25.1 Å². The van der Waals surface area contributed by atoms with Gasteiger partial charge in [-0.3, -0.25) is 18.9 Å². The molecule has 0 aromatic carbocycles. The summed E-state index contributed by atoms with van der Waals surface area (Å²) in [7, 11) is -3.23. The van der Waals surface area contributed by atoms with E-state index in [4.69, 9.17) is 14.2 Å². The number of aromatic nitrogens is 2. The Morgan fingerprint density at radius 1 is 1.39 bits per heavy atom. The zero-order valence-corrected chi connectivity index (χ0v) is 16.9. The van der Waals surface area contributed by atoms with Gasteiger partial charge < -0.3 is 19.1 Å². The Morgan fingerprint density at radius 2 is 2.04 bits per heavy atom. The van der Waals surface area contributed by atoms with Crippen molar-refractivity contribution in [1.82, 2.24) is 9.55 Å². The molecule has 9 nitrogen and oxygen atoms in total. The molecule has 0 saturated carbocycles. The van der Waals surface area contributed by atoms with Crippen molar-refractivity contribution in [3.05, 3.63) is 32.6 Å². The van der Waals surface area contributed by atoms with Crippen molar-refractivity contribution in [3.63, 3.8) is 0 Å². The highest BCUT2D eigenvalue weighted by Crippen LogP contribution is 2.57. The van der Waals surface area contributed by atoms with Crippen molar-refractivity contribution in [2.45, 2.75) is 44.4 Å². The minimum Gasteiger partial charge on any atom is -0.382 e. The van der Waals surface area contributed by atoms with E-state index in [2.05, 4.69) is 4.98 Å². The maximum Gasteiger partial charge on any atom is 0.330 e. The van der Waals surface area contributed by atoms with Gasteiger partial charge in [0.25, 0.3) is 12.9 Å². The van der Waals surface area contributed by atoms with Crippen LogP contribution in [0.15, 0.2) is 15.8 Å². The number of nitrogens with one attached hydrogen (secondary N) is 1. The second kappa shape index (κ2) is 8.54. The fourth-order valence-electron chi connectivity index (χ4n) is 3.00. The molecule has 0 amide bonds. The van der Waals surface area contributed by atoms with Crippen LogP contribution in [0.2, 0.25) is 0 Å². The Balaban J connectivity index is 2.37. The summed E-state index contributed by atoms with van der Waals surface area (Å²) in [5, 5.41) is 0. The van der Waals surface area contributed by atoms with E-state index >= 15 is 0 Å². The summed E-state index contributed by atoms with van der Waals surface area (Å²) in [5.41, 5.74) is -4.97. The first kappa shape index (κ1) is 22.9. The summed E-state index contributed by atoms with van der Waals surface area (Å²) in [5.74, 6) is -0.626. The number of halogens is 2. The first-order valence-corrected chi connectivity index (χ1v) is 10.8. The first-order valence-electron chi connectivity index (χ1n) is 8.65. The van der Waals surface area contributed by atoms with Crippen LogP contribution in [0.4, 0.5) is 8.78 Å². The monoisotopic (exact) mass is 426 g/mol. The molecule has 5 atom stereocenters. The van der Waals surface area contributed by atoms with Gasteiger partial charge in [0.2, 0.25) is 0 Å². The van der Waals surface area contributed by atoms with Gasteiger partial charge in [-0.25, -0.2) is 4.79 Å². The van der Waals surface area contributed by atoms with Crippen molar-refractivity contribution in [1.29, 1.82) is 0 Å². The first-order chi connectivity index (χ1) is 12.9. The van der Waals surface area contributed by atoms with E-state index in [1.165, 1.54) is 20.2 Å². The Kier molecular flexibility index (Phi) is 6.99. The molecule has 1 aromatic heterocycles. The maximum absolute atomic E-state index is 14.1. The zero-order valence-electron chi connectivity index (χ0n) is 16.1. The van der Waals surface area contributed by atoms with E-state index in [0.717, 1.165) is 4.57 Å². The molecule has 1 aliphatic rings. The van der Waals surface area contributed by atoms with Gasteiger partial charge in [-0.2, -0.15) is 8.78 Å². The topological polar surface area (TPSA) is 120 Å². The molecule has 2 heterocycles. The molecule has 0 aliphatic carbocycles. The molecule has 28 heavy (non-hydrogen) atoms. The summed E-state index contributed by atoms with van der Waals surface area (Å²) in [4.78, 5) is 35.3. The summed E-state index contributed by atoms with van der Waals surface area (Å²) < 4.78 is 57.2. The average Bonchev–Trinajstić information content (AvgIpc) is 2.86. The number of H-pyrrole nitrogens is 1. The number of aryl methyl sites for hydroxylation is 1. The fraction of sp³-hybridized carbons (Fsp3) is 0.750. The number of nitrogens with zero attached hydrogens (tertiary/aromatic N) is 1. The van der Waals surface area contributed by atoms with Crippen LogP contribution in [-0.2, 0) is 18.8 Å². The Hall–Kier alpha value is -1.39. The van der Waals surface area contributed by atoms with Crippen LogP contribution in [0.5, 0.6) is 0 Å². The number of rotatable bonds is 8. The molecule has 1 aromatic rings. The minimum absolute atomic E-state index is 0.123. The molecule has 1 unspecified atom stereocenters. The molecule has 0 radical (unpaired) electrons. The molecular formula is C16H25F2N2O7P. The van der Waals surface area contributed by atoms with E-state index in [1.54, 1.807) is 6.92 Å². The molecule has 160 valence electrons. The summed E-state index contributed by atoms with van der Waals surface area (Å²) in [6.45, 7) is 4.03. The highest BCUT2D eigenvalue weighted by molar-refractivity contribution is 7.58. The molecule has 2 N–H and O–H groups in total. The number of hydrogen-bond donors (Lipinski definition) is 2. The van der Waals surface area contributed by atoms with Gasteiger partial charge in [0.05, 0.1) is 19.3 Å². The predicted molar refractivity (Wildman–Crippen MR) is 96.1 cm³/mol. The number of hydrogen-bond acceptors (Lipinski definition) is 6. The smallest absolute Gasteiger partial charge is 0.330 e. The van der Waals surface area contributed by atoms with Crippen molar-refractivity contribution in [2.24, 2.45) is 5.92 Å².